The van der Waals surface area contributed by atoms with E-state index in [-0.39, 0.29) is 11.7 Å². The molecule has 0 radical (unpaired) electrons. The Hall–Kier alpha value is -0.900. The predicted molar refractivity (Wildman–Crippen MR) is 74.8 cm³/mol. The number of rotatable bonds is 5. The van der Waals surface area contributed by atoms with E-state index in [0.717, 1.165) is 26.2 Å². The van der Waals surface area contributed by atoms with Gasteiger partial charge in [0, 0.05) is 51.5 Å². The molecular weight excluding hydrogens is 240 g/mol. The van der Waals surface area contributed by atoms with E-state index >= 15 is 0 Å². The zero-order valence-corrected chi connectivity index (χ0v) is 12.4. The van der Waals surface area contributed by atoms with Crippen molar-refractivity contribution in [3.8, 4) is 0 Å². The van der Waals surface area contributed by atoms with Crippen molar-refractivity contribution in [3.05, 3.63) is 0 Å². The third kappa shape index (κ3) is 3.35. The fourth-order valence-electron chi connectivity index (χ4n) is 3.24. The summed E-state index contributed by atoms with van der Waals surface area (Å²) < 4.78 is 0. The van der Waals surface area contributed by atoms with E-state index < -0.39 is 0 Å². The van der Waals surface area contributed by atoms with Crippen LogP contribution in [0.25, 0.3) is 0 Å². The quantitative estimate of drug-likeness (QED) is 0.758. The molecule has 0 aromatic heterocycles. The van der Waals surface area contributed by atoms with Gasteiger partial charge in [-0.2, -0.15) is 0 Å². The summed E-state index contributed by atoms with van der Waals surface area (Å²) in [7, 11) is 0. The lowest BCUT2D eigenvalue weighted by atomic mass is 10.0. The summed E-state index contributed by atoms with van der Waals surface area (Å²) in [4.78, 5) is 27.8. The van der Waals surface area contributed by atoms with Crippen LogP contribution in [-0.2, 0) is 9.59 Å². The number of Topliss-reactive ketones (excluding diaryl/α,β-unsaturated/α-hetero) is 1. The van der Waals surface area contributed by atoms with E-state index in [1.807, 2.05) is 11.8 Å². The van der Waals surface area contributed by atoms with Gasteiger partial charge in [-0.25, -0.2) is 0 Å². The molecule has 19 heavy (non-hydrogen) atoms. The van der Waals surface area contributed by atoms with E-state index in [9.17, 15) is 9.59 Å². The molecule has 0 aromatic rings. The number of carbonyl (C=O) groups is 2. The molecule has 108 valence electrons. The molecule has 0 spiro atoms. The lowest BCUT2D eigenvalue weighted by Crippen LogP contribution is -2.35. The third-order valence-corrected chi connectivity index (χ3v) is 4.61. The Kier molecular flexibility index (Phi) is 4.61. The van der Waals surface area contributed by atoms with Gasteiger partial charge in [0.2, 0.25) is 5.91 Å². The van der Waals surface area contributed by atoms with Crippen LogP contribution in [0, 0.1) is 11.8 Å². The monoisotopic (exact) mass is 266 g/mol. The van der Waals surface area contributed by atoms with Crippen molar-refractivity contribution in [2.45, 2.75) is 46.1 Å². The van der Waals surface area contributed by atoms with Gasteiger partial charge in [-0.1, -0.05) is 6.92 Å². The second kappa shape index (κ2) is 6.04. The van der Waals surface area contributed by atoms with Gasteiger partial charge >= 0.3 is 0 Å². The molecule has 2 aliphatic heterocycles. The van der Waals surface area contributed by atoms with Crippen LogP contribution in [0.4, 0.5) is 0 Å². The first-order valence-corrected chi connectivity index (χ1v) is 7.54. The van der Waals surface area contributed by atoms with Crippen molar-refractivity contribution in [3.63, 3.8) is 0 Å². The predicted octanol–water partition coefficient (Wildman–Crippen LogP) is 1.54. The maximum absolute atomic E-state index is 12.1. The molecule has 0 N–H and O–H groups in total. The first-order valence-electron chi connectivity index (χ1n) is 7.54. The highest BCUT2D eigenvalue weighted by atomic mass is 16.2. The summed E-state index contributed by atoms with van der Waals surface area (Å²) in [6.45, 7) is 10.4. The average molecular weight is 266 g/mol. The van der Waals surface area contributed by atoms with Crippen LogP contribution < -0.4 is 0 Å². The normalized spacial score (nSPS) is 27.1. The Bertz CT molecular complexity index is 340. The number of amides is 1. The van der Waals surface area contributed by atoms with Crippen molar-refractivity contribution >= 4 is 11.7 Å². The second-order valence-electron chi connectivity index (χ2n) is 6.26. The minimum absolute atomic E-state index is 0.173. The van der Waals surface area contributed by atoms with Crippen LogP contribution in [0.3, 0.4) is 0 Å². The Morgan fingerprint density at radius 3 is 2.11 bits per heavy atom. The van der Waals surface area contributed by atoms with Crippen molar-refractivity contribution in [2.75, 3.05) is 26.2 Å². The van der Waals surface area contributed by atoms with Crippen LogP contribution in [0.2, 0.25) is 0 Å². The molecule has 2 fully saturated rings. The highest BCUT2D eigenvalue weighted by Gasteiger charge is 2.41. The first kappa shape index (κ1) is 14.5. The molecule has 2 unspecified atom stereocenters. The van der Waals surface area contributed by atoms with Crippen LogP contribution in [-0.4, -0.2) is 53.7 Å². The highest BCUT2D eigenvalue weighted by Crippen LogP contribution is 2.32. The van der Waals surface area contributed by atoms with Gasteiger partial charge in [0.05, 0.1) is 0 Å². The maximum Gasteiger partial charge on any atom is 0.223 e. The van der Waals surface area contributed by atoms with Gasteiger partial charge in [0.15, 0.2) is 0 Å². The van der Waals surface area contributed by atoms with Gasteiger partial charge in [0.1, 0.15) is 5.78 Å². The Balaban J connectivity index is 1.78. The molecule has 2 saturated heterocycles. The highest BCUT2D eigenvalue weighted by molar-refractivity contribution is 5.84. The molecule has 0 aromatic carbocycles. The Labute approximate surface area is 116 Å². The molecule has 2 rings (SSSR count). The third-order valence-electron chi connectivity index (χ3n) is 4.61. The van der Waals surface area contributed by atoms with Gasteiger partial charge in [-0.3, -0.25) is 9.59 Å². The average Bonchev–Trinajstić information content (AvgIpc) is 2.93. The SMILES string of the molecule is CCC(=O)CCC(=O)N1CC2CN(C(C)C)CC2C1. The number of fused-ring (bicyclic) bond motifs is 1. The van der Waals surface area contributed by atoms with Crippen LogP contribution in [0.5, 0.6) is 0 Å². The van der Waals surface area contributed by atoms with Crippen molar-refractivity contribution in [1.29, 1.82) is 0 Å². The lowest BCUT2D eigenvalue weighted by Gasteiger charge is -2.24. The van der Waals surface area contributed by atoms with Crippen LogP contribution in [0.1, 0.15) is 40.0 Å². The van der Waals surface area contributed by atoms with Crippen LogP contribution in [0.15, 0.2) is 0 Å². The van der Waals surface area contributed by atoms with Crippen molar-refractivity contribution in [1.82, 2.24) is 9.80 Å². The van der Waals surface area contributed by atoms with E-state index in [2.05, 4.69) is 18.7 Å². The second-order valence-corrected chi connectivity index (χ2v) is 6.26. The Morgan fingerprint density at radius 2 is 1.63 bits per heavy atom. The molecule has 0 bridgehead atoms. The van der Waals surface area contributed by atoms with Crippen molar-refractivity contribution in [2.24, 2.45) is 11.8 Å². The number of nitrogens with zero attached hydrogens (tertiary/aromatic N) is 2. The molecule has 4 heteroatoms. The molecule has 2 atom stereocenters. The minimum Gasteiger partial charge on any atom is -0.342 e. The van der Waals surface area contributed by atoms with E-state index in [1.54, 1.807) is 0 Å². The summed E-state index contributed by atoms with van der Waals surface area (Å²) in [5.74, 6) is 1.66. The van der Waals surface area contributed by atoms with Gasteiger partial charge in [-0.15, -0.1) is 0 Å². The smallest absolute Gasteiger partial charge is 0.223 e. The molecule has 4 nitrogen and oxygen atoms in total. The largest absolute Gasteiger partial charge is 0.342 e. The summed E-state index contributed by atoms with van der Waals surface area (Å²) in [6.07, 6.45) is 1.36. The Morgan fingerprint density at radius 1 is 1.05 bits per heavy atom. The lowest BCUT2D eigenvalue weighted by molar-refractivity contribution is -0.132. The molecule has 2 aliphatic rings. The summed E-state index contributed by atoms with van der Waals surface area (Å²) in [5, 5.41) is 0. The summed E-state index contributed by atoms with van der Waals surface area (Å²) in [5.41, 5.74) is 0. The van der Waals surface area contributed by atoms with Crippen LogP contribution >= 0.6 is 0 Å². The van der Waals surface area contributed by atoms with Gasteiger partial charge in [-0.05, 0) is 25.7 Å². The number of likely N-dealkylation sites (tertiary alicyclic amines) is 2. The standard InChI is InChI=1S/C15H26N2O2/c1-4-14(18)5-6-15(19)17-9-12-7-16(11(2)3)8-13(12)10-17/h11-13H,4-10H2,1-3H3. The maximum atomic E-state index is 12.1. The van der Waals surface area contributed by atoms with Gasteiger partial charge in [0.25, 0.3) is 0 Å². The summed E-state index contributed by atoms with van der Waals surface area (Å²) in [6, 6.07) is 0.608. The number of carbonyl (C=O) groups excluding carboxylic acids is 2. The molecular formula is C15H26N2O2. The zero-order chi connectivity index (χ0) is 14.0. The molecule has 1 amide bonds. The number of hydrogen-bond acceptors (Lipinski definition) is 3. The number of hydrogen-bond donors (Lipinski definition) is 0. The fourth-order valence-corrected chi connectivity index (χ4v) is 3.24. The topological polar surface area (TPSA) is 40.6 Å². The molecule has 0 aliphatic carbocycles. The summed E-state index contributed by atoms with van der Waals surface area (Å²) >= 11 is 0. The van der Waals surface area contributed by atoms with Gasteiger partial charge < -0.3 is 9.80 Å². The van der Waals surface area contributed by atoms with E-state index in [4.69, 9.17) is 0 Å². The van der Waals surface area contributed by atoms with Crippen molar-refractivity contribution < 1.29 is 9.59 Å². The molecule has 2 heterocycles. The number of ketones is 1. The van der Waals surface area contributed by atoms with E-state index in [1.165, 1.54) is 0 Å². The first-order chi connectivity index (χ1) is 9.01. The zero-order valence-electron chi connectivity index (χ0n) is 12.4. The van der Waals surface area contributed by atoms with E-state index in [0.29, 0.717) is 37.1 Å². The minimum atomic E-state index is 0.173. The molecule has 0 saturated carbocycles. The fraction of sp³-hybridized carbons (Fsp3) is 0.867.